The van der Waals surface area contributed by atoms with Crippen molar-refractivity contribution in [3.8, 4) is 0 Å². The maximum absolute atomic E-state index is 12.3. The van der Waals surface area contributed by atoms with E-state index in [0.29, 0.717) is 24.1 Å². The van der Waals surface area contributed by atoms with Crippen LogP contribution in [0.1, 0.15) is 41.5 Å². The predicted octanol–water partition coefficient (Wildman–Crippen LogP) is 2.90. The minimum Gasteiger partial charge on any atom is -0.350 e. The zero-order valence-electron chi connectivity index (χ0n) is 13.1. The highest BCUT2D eigenvalue weighted by Crippen LogP contribution is 2.23. The van der Waals surface area contributed by atoms with Gasteiger partial charge in [0.2, 0.25) is 0 Å². The molecule has 1 amide bonds. The number of nitrogens with zero attached hydrogens (tertiary/aromatic N) is 2. The first-order valence-corrected chi connectivity index (χ1v) is 7.33. The summed E-state index contributed by atoms with van der Waals surface area (Å²) in [6.07, 6.45) is 0. The molecular weight excluding hydrogens is 262 g/mol. The molecule has 4 heteroatoms. The highest BCUT2D eigenvalue weighted by Gasteiger charge is 2.18. The van der Waals surface area contributed by atoms with Crippen molar-refractivity contribution in [2.75, 3.05) is 6.54 Å². The number of hydrogen-bond acceptors (Lipinski definition) is 2. The largest absolute Gasteiger partial charge is 0.350 e. The van der Waals surface area contributed by atoms with Gasteiger partial charge in [0.05, 0.1) is 5.69 Å². The van der Waals surface area contributed by atoms with E-state index < -0.39 is 0 Å². The summed E-state index contributed by atoms with van der Waals surface area (Å²) in [5, 5.41) is 7.24. The SMILES string of the molecule is Cc1cc(C(=O)NCC(c2ccccc2)C(C)C)n(C)n1. The van der Waals surface area contributed by atoms with Crippen molar-refractivity contribution >= 4 is 5.91 Å². The summed E-state index contributed by atoms with van der Waals surface area (Å²) < 4.78 is 1.62. The van der Waals surface area contributed by atoms with E-state index in [2.05, 4.69) is 36.4 Å². The van der Waals surface area contributed by atoms with Crippen LogP contribution in [0.15, 0.2) is 36.4 Å². The number of rotatable bonds is 5. The molecule has 0 bridgehead atoms. The van der Waals surface area contributed by atoms with E-state index in [1.807, 2.05) is 31.2 Å². The third-order valence-corrected chi connectivity index (χ3v) is 3.75. The molecule has 2 aromatic rings. The van der Waals surface area contributed by atoms with Crippen LogP contribution in [0.2, 0.25) is 0 Å². The van der Waals surface area contributed by atoms with Gasteiger partial charge in [0.15, 0.2) is 0 Å². The molecule has 0 aliphatic rings. The number of amides is 1. The Morgan fingerprint density at radius 1 is 1.29 bits per heavy atom. The molecule has 0 spiro atoms. The topological polar surface area (TPSA) is 46.9 Å². The third kappa shape index (κ3) is 3.72. The molecule has 1 aromatic carbocycles. The minimum atomic E-state index is -0.0697. The lowest BCUT2D eigenvalue weighted by Gasteiger charge is -2.21. The molecule has 0 aliphatic carbocycles. The van der Waals surface area contributed by atoms with Crippen molar-refractivity contribution in [3.63, 3.8) is 0 Å². The lowest BCUT2D eigenvalue weighted by atomic mass is 9.88. The first-order valence-electron chi connectivity index (χ1n) is 7.33. The molecule has 0 saturated heterocycles. The van der Waals surface area contributed by atoms with Crippen LogP contribution in [0.5, 0.6) is 0 Å². The van der Waals surface area contributed by atoms with Crippen molar-refractivity contribution in [2.45, 2.75) is 26.7 Å². The van der Waals surface area contributed by atoms with Crippen molar-refractivity contribution in [3.05, 3.63) is 53.3 Å². The molecule has 0 fully saturated rings. The number of carbonyl (C=O) groups excluding carboxylic acids is 1. The molecule has 1 atom stereocenters. The summed E-state index contributed by atoms with van der Waals surface area (Å²) in [6, 6.07) is 12.1. The summed E-state index contributed by atoms with van der Waals surface area (Å²) in [7, 11) is 1.79. The van der Waals surface area contributed by atoms with E-state index >= 15 is 0 Å². The Labute approximate surface area is 126 Å². The molecule has 0 radical (unpaired) electrons. The highest BCUT2D eigenvalue weighted by molar-refractivity contribution is 5.92. The van der Waals surface area contributed by atoms with Crippen LogP contribution < -0.4 is 5.32 Å². The fraction of sp³-hybridized carbons (Fsp3) is 0.412. The Morgan fingerprint density at radius 3 is 2.48 bits per heavy atom. The number of carbonyl (C=O) groups is 1. The average molecular weight is 285 g/mol. The summed E-state index contributed by atoms with van der Waals surface area (Å²) in [5.74, 6) is 0.699. The summed E-state index contributed by atoms with van der Waals surface area (Å²) in [4.78, 5) is 12.3. The van der Waals surface area contributed by atoms with E-state index in [0.717, 1.165) is 5.69 Å². The first kappa shape index (κ1) is 15.3. The number of aryl methyl sites for hydroxylation is 2. The van der Waals surface area contributed by atoms with E-state index in [1.165, 1.54) is 5.56 Å². The molecule has 1 unspecified atom stereocenters. The van der Waals surface area contributed by atoms with Crippen LogP contribution in [-0.2, 0) is 7.05 Å². The summed E-state index contributed by atoms with van der Waals surface area (Å²) in [6.45, 7) is 6.87. The van der Waals surface area contributed by atoms with Crippen molar-refractivity contribution in [1.29, 1.82) is 0 Å². The van der Waals surface area contributed by atoms with E-state index in [-0.39, 0.29) is 5.91 Å². The van der Waals surface area contributed by atoms with E-state index in [4.69, 9.17) is 0 Å². The lowest BCUT2D eigenvalue weighted by molar-refractivity contribution is 0.0939. The van der Waals surface area contributed by atoms with Gasteiger partial charge >= 0.3 is 0 Å². The summed E-state index contributed by atoms with van der Waals surface area (Å²) in [5.41, 5.74) is 2.71. The fourth-order valence-corrected chi connectivity index (χ4v) is 2.56. The molecule has 1 heterocycles. The van der Waals surface area contributed by atoms with Gasteiger partial charge in [-0.15, -0.1) is 0 Å². The van der Waals surface area contributed by atoms with Gasteiger partial charge in [-0.25, -0.2) is 0 Å². The van der Waals surface area contributed by atoms with Crippen LogP contribution in [0.25, 0.3) is 0 Å². The van der Waals surface area contributed by atoms with Crippen LogP contribution in [0.3, 0.4) is 0 Å². The van der Waals surface area contributed by atoms with Crippen molar-refractivity contribution in [1.82, 2.24) is 15.1 Å². The lowest BCUT2D eigenvalue weighted by Crippen LogP contribution is -2.31. The van der Waals surface area contributed by atoms with Gasteiger partial charge in [-0.2, -0.15) is 5.10 Å². The second-order valence-corrected chi connectivity index (χ2v) is 5.77. The second-order valence-electron chi connectivity index (χ2n) is 5.77. The molecule has 4 nitrogen and oxygen atoms in total. The van der Waals surface area contributed by atoms with Crippen molar-refractivity contribution < 1.29 is 4.79 Å². The van der Waals surface area contributed by atoms with Gasteiger partial charge in [-0.3, -0.25) is 9.48 Å². The Balaban J connectivity index is 2.06. The van der Waals surface area contributed by atoms with E-state index in [9.17, 15) is 4.79 Å². The standard InChI is InChI=1S/C17H23N3O/c1-12(2)15(14-8-6-5-7-9-14)11-18-17(21)16-10-13(3)19-20(16)4/h5-10,12,15H,11H2,1-4H3,(H,18,21). The Hall–Kier alpha value is -2.10. The molecule has 2 rings (SSSR count). The predicted molar refractivity (Wildman–Crippen MR) is 84.3 cm³/mol. The highest BCUT2D eigenvalue weighted by atomic mass is 16.2. The van der Waals surface area contributed by atoms with Gasteiger partial charge in [0, 0.05) is 19.5 Å². The Bertz CT molecular complexity index is 602. The average Bonchev–Trinajstić information content (AvgIpc) is 2.78. The minimum absolute atomic E-state index is 0.0697. The smallest absolute Gasteiger partial charge is 0.269 e. The number of aromatic nitrogens is 2. The third-order valence-electron chi connectivity index (χ3n) is 3.75. The van der Waals surface area contributed by atoms with Crippen molar-refractivity contribution in [2.24, 2.45) is 13.0 Å². The number of nitrogens with one attached hydrogen (secondary N) is 1. The Morgan fingerprint density at radius 2 is 1.95 bits per heavy atom. The van der Waals surface area contributed by atoms with Gasteiger partial charge in [0.1, 0.15) is 5.69 Å². The second kappa shape index (κ2) is 6.57. The summed E-state index contributed by atoms with van der Waals surface area (Å²) >= 11 is 0. The fourth-order valence-electron chi connectivity index (χ4n) is 2.56. The molecule has 1 N–H and O–H groups in total. The molecule has 112 valence electrons. The normalized spacial score (nSPS) is 12.4. The van der Waals surface area contributed by atoms with Crippen LogP contribution >= 0.6 is 0 Å². The quantitative estimate of drug-likeness (QED) is 0.918. The molecule has 1 aromatic heterocycles. The molecule has 0 saturated carbocycles. The monoisotopic (exact) mass is 285 g/mol. The maximum Gasteiger partial charge on any atom is 0.269 e. The van der Waals surface area contributed by atoms with Gasteiger partial charge < -0.3 is 5.32 Å². The molecule has 0 aliphatic heterocycles. The number of benzene rings is 1. The maximum atomic E-state index is 12.3. The first-order chi connectivity index (χ1) is 9.99. The molecule has 21 heavy (non-hydrogen) atoms. The Kier molecular flexibility index (Phi) is 4.78. The van der Waals surface area contributed by atoms with Gasteiger partial charge in [-0.05, 0) is 24.5 Å². The van der Waals surface area contributed by atoms with Gasteiger partial charge in [-0.1, -0.05) is 44.2 Å². The van der Waals surface area contributed by atoms with Crippen LogP contribution in [0.4, 0.5) is 0 Å². The van der Waals surface area contributed by atoms with E-state index in [1.54, 1.807) is 11.7 Å². The zero-order valence-corrected chi connectivity index (χ0v) is 13.1. The van der Waals surface area contributed by atoms with Crippen LogP contribution in [0, 0.1) is 12.8 Å². The number of hydrogen-bond donors (Lipinski definition) is 1. The zero-order chi connectivity index (χ0) is 15.4. The molecular formula is C17H23N3O. The van der Waals surface area contributed by atoms with Gasteiger partial charge in [0.25, 0.3) is 5.91 Å². The van der Waals surface area contributed by atoms with Crippen LogP contribution in [-0.4, -0.2) is 22.2 Å².